The number of aromatic nitrogens is 4. The van der Waals surface area contributed by atoms with Crippen molar-refractivity contribution in [2.75, 3.05) is 18.8 Å². The summed E-state index contributed by atoms with van der Waals surface area (Å²) >= 11 is 0. The van der Waals surface area contributed by atoms with Gasteiger partial charge in [0, 0.05) is 43.7 Å². The number of ether oxygens (including phenoxy) is 1. The Balaban J connectivity index is 0.976. The summed E-state index contributed by atoms with van der Waals surface area (Å²) in [5, 5.41) is 8.18. The molecule has 0 aliphatic carbocycles. The average Bonchev–Trinajstić information content (AvgIpc) is 3.66. The van der Waals surface area contributed by atoms with Gasteiger partial charge in [-0.2, -0.15) is 5.10 Å². The molecule has 2 aromatic heterocycles. The smallest absolute Gasteiger partial charge is 0.255 e. The summed E-state index contributed by atoms with van der Waals surface area (Å²) in [5.41, 5.74) is 11.4. The molecule has 2 fully saturated rings. The van der Waals surface area contributed by atoms with Gasteiger partial charge < -0.3 is 15.4 Å². The second-order valence-corrected chi connectivity index (χ2v) is 12.5. The monoisotopic (exact) mass is 642 g/mol. The molecule has 0 radical (unpaired) electrons. The molecule has 5 aromatic rings. The van der Waals surface area contributed by atoms with Crippen molar-refractivity contribution in [2.24, 2.45) is 0 Å². The molecular weight excluding hydrogens is 608 g/mol. The molecule has 3 aliphatic rings. The van der Waals surface area contributed by atoms with E-state index in [9.17, 15) is 14.4 Å². The van der Waals surface area contributed by atoms with Gasteiger partial charge in [-0.3, -0.25) is 24.6 Å². The number of fused-ring (bicyclic) bond motifs is 2. The quantitative estimate of drug-likeness (QED) is 0.245. The van der Waals surface area contributed by atoms with Crippen molar-refractivity contribution in [3.63, 3.8) is 0 Å². The number of nitrogens with two attached hydrogens (primary N) is 1. The first kappa shape index (κ1) is 29.8. The highest BCUT2D eigenvalue weighted by Gasteiger charge is 2.40. The Bertz CT molecular complexity index is 2040. The molecule has 2 saturated heterocycles. The zero-order chi connectivity index (χ0) is 32.8. The van der Waals surface area contributed by atoms with Gasteiger partial charge in [-0.05, 0) is 72.9 Å². The molecule has 3 aliphatic heterocycles. The van der Waals surface area contributed by atoms with E-state index in [1.54, 1.807) is 4.90 Å². The highest BCUT2D eigenvalue weighted by Crippen LogP contribution is 2.36. The van der Waals surface area contributed by atoms with Crippen LogP contribution in [0.4, 0.5) is 5.82 Å². The van der Waals surface area contributed by atoms with Crippen LogP contribution in [-0.2, 0) is 22.7 Å². The van der Waals surface area contributed by atoms with Crippen LogP contribution < -0.4 is 15.8 Å². The van der Waals surface area contributed by atoms with Crippen LogP contribution in [0, 0.1) is 0 Å². The number of amides is 3. The first-order chi connectivity index (χ1) is 23.4. The largest absolute Gasteiger partial charge is 0.457 e. The van der Waals surface area contributed by atoms with Crippen LogP contribution in [0.2, 0.25) is 0 Å². The van der Waals surface area contributed by atoms with Crippen LogP contribution in [0.15, 0.2) is 79.1 Å². The maximum atomic E-state index is 13.3. The Hall–Kier alpha value is -5.62. The highest BCUT2D eigenvalue weighted by molar-refractivity contribution is 6.05. The van der Waals surface area contributed by atoms with Gasteiger partial charge in [0.25, 0.3) is 5.91 Å². The number of hydrogen-bond donors (Lipinski definition) is 2. The SMILES string of the molecule is Nc1ncnc2c1c(-c1ccc(Oc3ccccc3)cc1)nn2C1CCN(Cc2cccc3c2CN(C2CCC(=O)NC2=O)C3=O)CC1. The summed E-state index contributed by atoms with van der Waals surface area (Å²) in [6, 6.07) is 22.7. The van der Waals surface area contributed by atoms with Gasteiger partial charge in [-0.1, -0.05) is 30.3 Å². The van der Waals surface area contributed by atoms with Gasteiger partial charge in [0.05, 0.1) is 11.4 Å². The van der Waals surface area contributed by atoms with Crippen molar-refractivity contribution >= 4 is 34.6 Å². The van der Waals surface area contributed by atoms with Crippen LogP contribution >= 0.6 is 0 Å². The molecule has 12 nitrogen and oxygen atoms in total. The van der Waals surface area contributed by atoms with Crippen molar-refractivity contribution in [3.05, 3.63) is 95.8 Å². The lowest BCUT2D eigenvalue weighted by Gasteiger charge is -2.32. The first-order valence-corrected chi connectivity index (χ1v) is 16.2. The van der Waals surface area contributed by atoms with Crippen LogP contribution in [0.1, 0.15) is 53.2 Å². The number of rotatable bonds is 7. The predicted octanol–water partition coefficient (Wildman–Crippen LogP) is 4.47. The molecule has 8 rings (SSSR count). The van der Waals surface area contributed by atoms with Gasteiger partial charge in [-0.15, -0.1) is 0 Å². The van der Waals surface area contributed by atoms with Crippen molar-refractivity contribution in [2.45, 2.75) is 50.9 Å². The topological polar surface area (TPSA) is 149 Å². The maximum absolute atomic E-state index is 13.3. The first-order valence-electron chi connectivity index (χ1n) is 16.2. The van der Waals surface area contributed by atoms with E-state index in [-0.39, 0.29) is 24.3 Å². The van der Waals surface area contributed by atoms with Gasteiger partial charge in [0.1, 0.15) is 35.4 Å². The fraction of sp³-hybridized carbons (Fsp3) is 0.278. The van der Waals surface area contributed by atoms with Crippen LogP contribution in [-0.4, -0.2) is 66.4 Å². The summed E-state index contributed by atoms with van der Waals surface area (Å²) in [6.45, 7) is 2.74. The molecule has 0 saturated carbocycles. The molecule has 1 unspecified atom stereocenters. The van der Waals surface area contributed by atoms with E-state index in [2.05, 4.69) is 26.3 Å². The summed E-state index contributed by atoms with van der Waals surface area (Å²) < 4.78 is 7.98. The standard InChI is InChI=1S/C36H34N8O4/c37-33-31-32(22-9-11-26(12-10-22)48-25-6-2-1-3-7-25)41-44(34(31)39-21-38-33)24-15-17-42(18-16-24)19-23-5-4-8-27-28(23)20-43(36(27)47)29-13-14-30(45)40-35(29)46/h1-12,21,24,29H,13-20H2,(H2,37,38,39)(H,40,45,46). The fourth-order valence-electron chi connectivity index (χ4n) is 7.12. The number of carbonyl (C=O) groups is 3. The van der Waals surface area contributed by atoms with E-state index in [0.717, 1.165) is 65.2 Å². The Morgan fingerprint density at radius 3 is 2.42 bits per heavy atom. The number of likely N-dealkylation sites (tertiary alicyclic amines) is 1. The summed E-state index contributed by atoms with van der Waals surface area (Å²) in [5.74, 6) is 1.04. The van der Waals surface area contributed by atoms with Crippen molar-refractivity contribution in [1.29, 1.82) is 0 Å². The Morgan fingerprint density at radius 1 is 0.875 bits per heavy atom. The van der Waals surface area contributed by atoms with E-state index in [1.807, 2.05) is 71.4 Å². The minimum absolute atomic E-state index is 0.124. The summed E-state index contributed by atoms with van der Waals surface area (Å²) in [7, 11) is 0. The number of para-hydroxylation sites is 1. The molecule has 3 N–H and O–H groups in total. The Kier molecular flexibility index (Phi) is 7.56. The predicted molar refractivity (Wildman–Crippen MR) is 178 cm³/mol. The van der Waals surface area contributed by atoms with E-state index in [4.69, 9.17) is 15.6 Å². The summed E-state index contributed by atoms with van der Waals surface area (Å²) in [4.78, 5) is 50.4. The Morgan fingerprint density at radius 2 is 1.65 bits per heavy atom. The zero-order valence-corrected chi connectivity index (χ0v) is 26.2. The molecule has 12 heteroatoms. The number of carbonyl (C=O) groups excluding carboxylic acids is 3. The number of anilines is 1. The molecule has 242 valence electrons. The third kappa shape index (κ3) is 5.43. The van der Waals surface area contributed by atoms with E-state index in [0.29, 0.717) is 36.5 Å². The number of hydrogen-bond acceptors (Lipinski definition) is 9. The Labute approximate surface area is 276 Å². The molecule has 48 heavy (non-hydrogen) atoms. The summed E-state index contributed by atoms with van der Waals surface area (Å²) in [6.07, 6.45) is 3.79. The second-order valence-electron chi connectivity index (χ2n) is 12.5. The molecule has 1 atom stereocenters. The molecule has 0 spiro atoms. The zero-order valence-electron chi connectivity index (χ0n) is 26.2. The van der Waals surface area contributed by atoms with Crippen molar-refractivity contribution < 1.29 is 19.1 Å². The number of piperidine rings is 2. The third-order valence-corrected chi connectivity index (χ3v) is 9.60. The molecule has 0 bridgehead atoms. The van der Waals surface area contributed by atoms with E-state index in [1.165, 1.54) is 6.33 Å². The van der Waals surface area contributed by atoms with Gasteiger partial charge >= 0.3 is 0 Å². The van der Waals surface area contributed by atoms with E-state index >= 15 is 0 Å². The van der Waals surface area contributed by atoms with Crippen LogP contribution in [0.5, 0.6) is 11.5 Å². The maximum Gasteiger partial charge on any atom is 0.255 e. The lowest BCUT2D eigenvalue weighted by Crippen LogP contribution is -2.52. The molecule has 5 heterocycles. The third-order valence-electron chi connectivity index (χ3n) is 9.60. The fourth-order valence-corrected chi connectivity index (χ4v) is 7.12. The van der Waals surface area contributed by atoms with Gasteiger partial charge in [0.15, 0.2) is 5.65 Å². The molecule has 3 aromatic carbocycles. The average molecular weight is 643 g/mol. The molecule has 3 amide bonds. The number of imide groups is 1. The normalized spacial score (nSPS) is 18.7. The minimum atomic E-state index is -0.626. The van der Waals surface area contributed by atoms with Crippen LogP contribution in [0.3, 0.4) is 0 Å². The second kappa shape index (κ2) is 12.2. The lowest BCUT2D eigenvalue weighted by molar-refractivity contribution is -0.136. The minimum Gasteiger partial charge on any atom is -0.457 e. The van der Waals surface area contributed by atoms with Crippen molar-refractivity contribution in [1.82, 2.24) is 34.9 Å². The highest BCUT2D eigenvalue weighted by atomic mass is 16.5. The lowest BCUT2D eigenvalue weighted by atomic mass is 10.0. The van der Waals surface area contributed by atoms with Crippen molar-refractivity contribution in [3.8, 4) is 22.8 Å². The molecular formula is C36H34N8O4. The number of nitrogen functional groups attached to an aromatic ring is 1. The van der Waals surface area contributed by atoms with E-state index < -0.39 is 11.9 Å². The van der Waals surface area contributed by atoms with Crippen LogP contribution in [0.25, 0.3) is 22.3 Å². The number of nitrogens with zero attached hydrogens (tertiary/aromatic N) is 6. The van der Waals surface area contributed by atoms with Gasteiger partial charge in [0.2, 0.25) is 11.8 Å². The number of benzene rings is 3. The van der Waals surface area contributed by atoms with Gasteiger partial charge in [-0.25, -0.2) is 14.6 Å². The number of nitrogens with one attached hydrogen (secondary N) is 1.